The summed E-state index contributed by atoms with van der Waals surface area (Å²) < 4.78 is 0. The summed E-state index contributed by atoms with van der Waals surface area (Å²) in [5, 5.41) is 3.74. The van der Waals surface area contributed by atoms with Crippen molar-refractivity contribution in [3.05, 3.63) is 0 Å². The topological polar surface area (TPSA) is 38.0 Å². The Morgan fingerprint density at radius 1 is 1.27 bits per heavy atom. The van der Waals surface area contributed by atoms with Crippen molar-refractivity contribution in [1.82, 2.24) is 5.32 Å². The first-order valence-corrected chi connectivity index (χ1v) is 6.80. The molecule has 0 radical (unpaired) electrons. The van der Waals surface area contributed by atoms with Crippen molar-refractivity contribution in [3.63, 3.8) is 0 Å². The molecular formula is C13H24N2. The van der Waals surface area contributed by atoms with Crippen molar-refractivity contribution < 1.29 is 0 Å². The molecule has 3 aliphatic carbocycles. The number of nitrogens with two attached hydrogens (primary N) is 1. The minimum absolute atomic E-state index is 0.410. The van der Waals surface area contributed by atoms with Crippen LogP contribution >= 0.6 is 0 Å². The van der Waals surface area contributed by atoms with Crippen LogP contribution in [0.15, 0.2) is 0 Å². The van der Waals surface area contributed by atoms with Crippen LogP contribution in [0.3, 0.4) is 0 Å². The van der Waals surface area contributed by atoms with E-state index in [1.807, 2.05) is 0 Å². The molecule has 0 aromatic rings. The van der Waals surface area contributed by atoms with E-state index in [0.717, 1.165) is 49.1 Å². The lowest BCUT2D eigenvalue weighted by Crippen LogP contribution is -2.29. The fourth-order valence-corrected chi connectivity index (χ4v) is 4.24. The Labute approximate surface area is 93.0 Å². The van der Waals surface area contributed by atoms with Gasteiger partial charge in [0.2, 0.25) is 0 Å². The Morgan fingerprint density at radius 2 is 1.93 bits per heavy atom. The number of nitrogens with one attached hydrogen (secondary N) is 1. The maximum Gasteiger partial charge on any atom is 0.0136 e. The van der Waals surface area contributed by atoms with Gasteiger partial charge in [0.25, 0.3) is 0 Å². The zero-order valence-electron chi connectivity index (χ0n) is 9.78. The summed E-state index contributed by atoms with van der Waals surface area (Å²) in [5.41, 5.74) is 5.92. The standard InChI is InChI=1S/C13H24N2/c1-2-10(14)5-6-15-13-11-8-3-4-9(7-8)12(11)13/h8-13,15H,2-7,14H2,1H3. The largest absolute Gasteiger partial charge is 0.328 e. The van der Waals surface area contributed by atoms with Gasteiger partial charge >= 0.3 is 0 Å². The van der Waals surface area contributed by atoms with Crippen molar-refractivity contribution >= 4 is 0 Å². The molecule has 3 aliphatic rings. The molecule has 0 amide bonds. The summed E-state index contributed by atoms with van der Waals surface area (Å²) in [7, 11) is 0. The van der Waals surface area contributed by atoms with Crippen LogP contribution in [0.2, 0.25) is 0 Å². The van der Waals surface area contributed by atoms with Gasteiger partial charge in [-0.1, -0.05) is 6.92 Å². The summed E-state index contributed by atoms with van der Waals surface area (Å²) in [5.74, 6) is 4.33. The monoisotopic (exact) mass is 208 g/mol. The zero-order valence-corrected chi connectivity index (χ0v) is 9.78. The lowest BCUT2D eigenvalue weighted by atomic mass is 10.0. The number of rotatable bonds is 5. The van der Waals surface area contributed by atoms with Crippen molar-refractivity contribution in [2.24, 2.45) is 29.4 Å². The summed E-state index contributed by atoms with van der Waals surface area (Å²) in [6.45, 7) is 3.32. The summed E-state index contributed by atoms with van der Waals surface area (Å²) in [4.78, 5) is 0. The molecule has 0 aromatic carbocycles. The summed E-state index contributed by atoms with van der Waals surface area (Å²) in [6.07, 6.45) is 6.88. The van der Waals surface area contributed by atoms with Crippen molar-refractivity contribution in [1.29, 1.82) is 0 Å². The molecule has 15 heavy (non-hydrogen) atoms. The smallest absolute Gasteiger partial charge is 0.0136 e. The van der Waals surface area contributed by atoms with Gasteiger partial charge in [-0.25, -0.2) is 0 Å². The fourth-order valence-electron chi connectivity index (χ4n) is 4.24. The Kier molecular flexibility index (Phi) is 2.52. The number of hydrogen-bond donors (Lipinski definition) is 2. The molecule has 3 saturated carbocycles. The highest BCUT2D eigenvalue weighted by Crippen LogP contribution is 2.65. The molecule has 2 nitrogen and oxygen atoms in total. The maximum absolute atomic E-state index is 5.92. The average molecular weight is 208 g/mol. The van der Waals surface area contributed by atoms with Gasteiger partial charge < -0.3 is 11.1 Å². The maximum atomic E-state index is 5.92. The van der Waals surface area contributed by atoms with E-state index >= 15 is 0 Å². The van der Waals surface area contributed by atoms with Crippen LogP contribution < -0.4 is 11.1 Å². The molecule has 0 heterocycles. The van der Waals surface area contributed by atoms with Gasteiger partial charge in [0.05, 0.1) is 0 Å². The lowest BCUT2D eigenvalue weighted by Gasteiger charge is -2.12. The van der Waals surface area contributed by atoms with Crippen LogP contribution in [0.25, 0.3) is 0 Å². The molecule has 2 heteroatoms. The van der Waals surface area contributed by atoms with Crippen LogP contribution in [0, 0.1) is 23.7 Å². The van der Waals surface area contributed by atoms with E-state index in [1.54, 1.807) is 6.42 Å². The number of hydrogen-bond acceptors (Lipinski definition) is 2. The SMILES string of the molecule is CCC(N)CCNC1C2C3CCC(C3)C12. The molecule has 3 N–H and O–H groups in total. The molecule has 0 spiro atoms. The van der Waals surface area contributed by atoms with Crippen LogP contribution in [-0.4, -0.2) is 18.6 Å². The van der Waals surface area contributed by atoms with E-state index in [9.17, 15) is 0 Å². The Bertz CT molecular complexity index is 225. The van der Waals surface area contributed by atoms with Crippen molar-refractivity contribution in [2.75, 3.05) is 6.54 Å². The number of fused-ring (bicyclic) bond motifs is 5. The average Bonchev–Trinajstić information content (AvgIpc) is 2.67. The van der Waals surface area contributed by atoms with Gasteiger partial charge in [-0.15, -0.1) is 0 Å². The van der Waals surface area contributed by atoms with Crippen molar-refractivity contribution in [3.8, 4) is 0 Å². The molecule has 0 saturated heterocycles. The first kappa shape index (κ1) is 10.1. The van der Waals surface area contributed by atoms with Crippen molar-refractivity contribution in [2.45, 2.75) is 51.1 Å². The molecule has 86 valence electrons. The van der Waals surface area contributed by atoms with Gasteiger partial charge in [0.15, 0.2) is 0 Å². The predicted octanol–water partition coefficient (Wildman–Crippen LogP) is 1.75. The minimum atomic E-state index is 0.410. The Hall–Kier alpha value is -0.0800. The fraction of sp³-hybridized carbons (Fsp3) is 1.00. The van der Waals surface area contributed by atoms with E-state index in [2.05, 4.69) is 12.2 Å². The quantitative estimate of drug-likeness (QED) is 0.722. The van der Waals surface area contributed by atoms with E-state index in [4.69, 9.17) is 5.73 Å². The minimum Gasteiger partial charge on any atom is -0.328 e. The second-order valence-corrected chi connectivity index (χ2v) is 5.92. The van der Waals surface area contributed by atoms with Gasteiger partial charge in [-0.3, -0.25) is 0 Å². The van der Waals surface area contributed by atoms with Gasteiger partial charge in [-0.05, 0) is 62.3 Å². The first-order valence-electron chi connectivity index (χ1n) is 6.80. The van der Waals surface area contributed by atoms with Crippen LogP contribution in [0.4, 0.5) is 0 Å². The molecule has 0 aliphatic heterocycles. The molecule has 5 unspecified atom stereocenters. The van der Waals surface area contributed by atoms with E-state index in [-0.39, 0.29) is 0 Å². The normalized spacial score (nSPS) is 48.0. The highest BCUT2D eigenvalue weighted by Gasteiger charge is 2.64. The molecule has 3 rings (SSSR count). The van der Waals surface area contributed by atoms with Gasteiger partial charge in [-0.2, -0.15) is 0 Å². The van der Waals surface area contributed by atoms with E-state index < -0.39 is 0 Å². The Balaban J connectivity index is 1.41. The third kappa shape index (κ3) is 1.62. The second kappa shape index (κ2) is 3.74. The Morgan fingerprint density at radius 3 is 2.53 bits per heavy atom. The van der Waals surface area contributed by atoms with Gasteiger partial charge in [0.1, 0.15) is 0 Å². The molecular weight excluding hydrogens is 184 g/mol. The highest BCUT2D eigenvalue weighted by molar-refractivity contribution is 5.16. The molecule has 3 fully saturated rings. The third-order valence-corrected chi connectivity index (χ3v) is 5.15. The highest BCUT2D eigenvalue weighted by atomic mass is 15.0. The van der Waals surface area contributed by atoms with Gasteiger partial charge in [0, 0.05) is 12.1 Å². The van der Waals surface area contributed by atoms with E-state index in [1.165, 1.54) is 12.8 Å². The van der Waals surface area contributed by atoms with Crippen LogP contribution in [0.5, 0.6) is 0 Å². The second-order valence-electron chi connectivity index (χ2n) is 5.92. The van der Waals surface area contributed by atoms with Crippen LogP contribution in [0.1, 0.15) is 39.0 Å². The first-order chi connectivity index (χ1) is 7.31. The molecule has 0 aromatic heterocycles. The molecule has 5 atom stereocenters. The van der Waals surface area contributed by atoms with E-state index in [0.29, 0.717) is 6.04 Å². The third-order valence-electron chi connectivity index (χ3n) is 5.15. The summed E-state index contributed by atoms with van der Waals surface area (Å²) in [6, 6.07) is 1.30. The zero-order chi connectivity index (χ0) is 10.4. The predicted molar refractivity (Wildman–Crippen MR) is 62.5 cm³/mol. The van der Waals surface area contributed by atoms with Crippen LogP contribution in [-0.2, 0) is 0 Å². The molecule has 2 bridgehead atoms. The lowest BCUT2D eigenvalue weighted by molar-refractivity contribution is 0.448. The summed E-state index contributed by atoms with van der Waals surface area (Å²) >= 11 is 0.